The van der Waals surface area contributed by atoms with Gasteiger partial charge in [-0.05, 0) is 48.9 Å². The number of amides is 1. The minimum atomic E-state index is -0.252. The lowest BCUT2D eigenvalue weighted by atomic mass is 9.77. The van der Waals surface area contributed by atoms with Gasteiger partial charge in [0.1, 0.15) is 18.2 Å². The summed E-state index contributed by atoms with van der Waals surface area (Å²) >= 11 is 0. The van der Waals surface area contributed by atoms with Crippen molar-refractivity contribution >= 4 is 5.91 Å². The molecule has 4 atom stereocenters. The van der Waals surface area contributed by atoms with Gasteiger partial charge in [-0.15, -0.1) is 0 Å². The first kappa shape index (κ1) is 18.1. The van der Waals surface area contributed by atoms with Crippen LogP contribution in [0.1, 0.15) is 19.8 Å². The van der Waals surface area contributed by atoms with Gasteiger partial charge in [0.15, 0.2) is 0 Å². The molecule has 0 unspecified atom stereocenters. The molecule has 0 radical (unpaired) electrons. The quantitative estimate of drug-likeness (QED) is 0.853. The molecule has 25 heavy (non-hydrogen) atoms. The third kappa shape index (κ3) is 4.70. The summed E-state index contributed by atoms with van der Waals surface area (Å²) in [6.45, 7) is 5.08. The van der Waals surface area contributed by atoms with Crippen LogP contribution in [0, 0.1) is 17.7 Å². The molecule has 1 saturated carbocycles. The zero-order chi connectivity index (χ0) is 17.8. The Bertz CT molecular complexity index is 581. The molecular formula is C19H27FN2O3. The summed E-state index contributed by atoms with van der Waals surface area (Å²) in [5, 5.41) is 3.04. The molecule has 1 N–H and O–H groups in total. The third-order valence-corrected chi connectivity index (χ3v) is 5.37. The Hall–Kier alpha value is -1.66. The number of carbonyl (C=O) groups is 1. The van der Waals surface area contributed by atoms with E-state index in [1.165, 1.54) is 12.1 Å². The standard InChI is InChI=1S/C19H27FN2O3/c1-13(23)21-18-9-14-11-22(12-15(14)10-19(18)24-2)7-8-25-17-5-3-16(20)4-6-17/h3-6,14-15,18-19H,7-12H2,1-2H3,(H,21,23)/t14-,15+,18-,19-/m1/s1. The molecule has 6 heteroatoms. The van der Waals surface area contributed by atoms with Gasteiger partial charge in [-0.2, -0.15) is 0 Å². The van der Waals surface area contributed by atoms with E-state index in [-0.39, 0.29) is 23.9 Å². The van der Waals surface area contributed by atoms with Crippen molar-refractivity contribution in [2.45, 2.75) is 31.9 Å². The number of halogens is 1. The number of nitrogens with zero attached hydrogens (tertiary/aromatic N) is 1. The van der Waals surface area contributed by atoms with E-state index in [2.05, 4.69) is 10.2 Å². The predicted octanol–water partition coefficient (Wildman–Crippen LogP) is 2.07. The molecule has 1 heterocycles. The van der Waals surface area contributed by atoms with Crippen molar-refractivity contribution in [3.8, 4) is 5.75 Å². The van der Waals surface area contributed by atoms with Gasteiger partial charge in [0.2, 0.25) is 5.91 Å². The smallest absolute Gasteiger partial charge is 0.217 e. The Morgan fingerprint density at radius 1 is 1.24 bits per heavy atom. The molecule has 1 aliphatic carbocycles. The normalized spacial score (nSPS) is 29.2. The van der Waals surface area contributed by atoms with E-state index in [1.54, 1.807) is 26.2 Å². The van der Waals surface area contributed by atoms with Crippen LogP contribution in [0.4, 0.5) is 4.39 Å². The van der Waals surface area contributed by atoms with Crippen molar-refractivity contribution in [2.75, 3.05) is 33.4 Å². The fourth-order valence-electron chi connectivity index (χ4n) is 4.19. The van der Waals surface area contributed by atoms with Crippen molar-refractivity contribution in [2.24, 2.45) is 11.8 Å². The number of hydrogen-bond donors (Lipinski definition) is 1. The second-order valence-electron chi connectivity index (χ2n) is 7.13. The summed E-state index contributed by atoms with van der Waals surface area (Å²) in [4.78, 5) is 13.8. The summed E-state index contributed by atoms with van der Waals surface area (Å²) in [6, 6.07) is 6.24. The number of rotatable bonds is 6. The highest BCUT2D eigenvalue weighted by atomic mass is 19.1. The largest absolute Gasteiger partial charge is 0.492 e. The SMILES string of the molecule is CO[C@@H]1C[C@H]2CN(CCOc3ccc(F)cc3)C[C@H]2C[C@H]1NC(C)=O. The molecule has 138 valence electrons. The molecule has 1 saturated heterocycles. The van der Waals surface area contributed by atoms with Gasteiger partial charge in [0.05, 0.1) is 12.1 Å². The van der Waals surface area contributed by atoms with Gasteiger partial charge in [0, 0.05) is 33.7 Å². The van der Waals surface area contributed by atoms with Gasteiger partial charge in [0.25, 0.3) is 0 Å². The lowest BCUT2D eigenvalue weighted by Gasteiger charge is -2.37. The lowest BCUT2D eigenvalue weighted by Crippen LogP contribution is -2.49. The van der Waals surface area contributed by atoms with Gasteiger partial charge in [-0.1, -0.05) is 0 Å². The van der Waals surface area contributed by atoms with Crippen LogP contribution in [0.2, 0.25) is 0 Å². The second kappa shape index (κ2) is 8.15. The molecule has 0 aromatic heterocycles. The molecule has 0 spiro atoms. The molecule has 2 aliphatic rings. The molecule has 1 amide bonds. The van der Waals surface area contributed by atoms with Crippen LogP contribution >= 0.6 is 0 Å². The Labute approximate surface area is 148 Å². The summed E-state index contributed by atoms with van der Waals surface area (Å²) in [5.74, 6) is 1.66. The first-order valence-electron chi connectivity index (χ1n) is 8.95. The summed E-state index contributed by atoms with van der Waals surface area (Å²) in [5.41, 5.74) is 0. The number of carbonyl (C=O) groups excluding carboxylic acids is 1. The highest BCUT2D eigenvalue weighted by Crippen LogP contribution is 2.37. The lowest BCUT2D eigenvalue weighted by molar-refractivity contribution is -0.121. The molecule has 5 nitrogen and oxygen atoms in total. The monoisotopic (exact) mass is 350 g/mol. The van der Waals surface area contributed by atoms with Crippen molar-refractivity contribution in [1.29, 1.82) is 0 Å². The molecule has 1 aromatic carbocycles. The Morgan fingerprint density at radius 2 is 1.92 bits per heavy atom. The van der Waals surface area contributed by atoms with Crippen LogP contribution in [-0.4, -0.2) is 56.3 Å². The van der Waals surface area contributed by atoms with E-state index in [1.807, 2.05) is 0 Å². The number of fused-ring (bicyclic) bond motifs is 1. The van der Waals surface area contributed by atoms with E-state index in [0.717, 1.165) is 32.5 Å². The minimum absolute atomic E-state index is 0.00745. The van der Waals surface area contributed by atoms with E-state index in [9.17, 15) is 9.18 Å². The topological polar surface area (TPSA) is 50.8 Å². The van der Waals surface area contributed by atoms with Crippen LogP contribution in [-0.2, 0) is 9.53 Å². The van der Waals surface area contributed by atoms with E-state index < -0.39 is 0 Å². The number of methoxy groups -OCH3 is 1. The molecule has 0 bridgehead atoms. The van der Waals surface area contributed by atoms with Crippen molar-refractivity contribution in [1.82, 2.24) is 10.2 Å². The number of hydrogen-bond acceptors (Lipinski definition) is 4. The number of ether oxygens (including phenoxy) is 2. The van der Waals surface area contributed by atoms with Crippen LogP contribution in [0.25, 0.3) is 0 Å². The highest BCUT2D eigenvalue weighted by Gasteiger charge is 2.42. The average molecular weight is 350 g/mol. The summed E-state index contributed by atoms with van der Waals surface area (Å²) in [6.07, 6.45) is 2.06. The Kier molecular flexibility index (Phi) is 5.91. The van der Waals surface area contributed by atoms with Gasteiger partial charge >= 0.3 is 0 Å². The molecular weight excluding hydrogens is 323 g/mol. The van der Waals surface area contributed by atoms with Crippen molar-refractivity contribution < 1.29 is 18.7 Å². The van der Waals surface area contributed by atoms with Crippen LogP contribution in [0.3, 0.4) is 0 Å². The fraction of sp³-hybridized carbons (Fsp3) is 0.632. The minimum Gasteiger partial charge on any atom is -0.492 e. The maximum Gasteiger partial charge on any atom is 0.217 e. The van der Waals surface area contributed by atoms with Crippen molar-refractivity contribution in [3.63, 3.8) is 0 Å². The Balaban J connectivity index is 1.47. The van der Waals surface area contributed by atoms with E-state index in [0.29, 0.717) is 24.2 Å². The fourth-order valence-corrected chi connectivity index (χ4v) is 4.19. The molecule has 3 rings (SSSR count). The second-order valence-corrected chi connectivity index (χ2v) is 7.13. The zero-order valence-corrected chi connectivity index (χ0v) is 14.9. The number of benzene rings is 1. The average Bonchev–Trinajstić information content (AvgIpc) is 2.97. The summed E-state index contributed by atoms with van der Waals surface area (Å²) in [7, 11) is 1.73. The maximum atomic E-state index is 12.9. The van der Waals surface area contributed by atoms with Crippen LogP contribution in [0.15, 0.2) is 24.3 Å². The van der Waals surface area contributed by atoms with Crippen molar-refractivity contribution in [3.05, 3.63) is 30.1 Å². The van der Waals surface area contributed by atoms with Gasteiger partial charge in [-0.3, -0.25) is 9.69 Å². The molecule has 1 aromatic rings. The van der Waals surface area contributed by atoms with Crippen LogP contribution in [0.5, 0.6) is 5.75 Å². The third-order valence-electron chi connectivity index (χ3n) is 5.37. The van der Waals surface area contributed by atoms with Gasteiger partial charge in [-0.25, -0.2) is 4.39 Å². The van der Waals surface area contributed by atoms with E-state index >= 15 is 0 Å². The highest BCUT2D eigenvalue weighted by molar-refractivity contribution is 5.73. The predicted molar refractivity (Wildman–Crippen MR) is 93.0 cm³/mol. The number of nitrogens with one attached hydrogen (secondary N) is 1. The van der Waals surface area contributed by atoms with Crippen LogP contribution < -0.4 is 10.1 Å². The Morgan fingerprint density at radius 3 is 2.56 bits per heavy atom. The number of likely N-dealkylation sites (tertiary alicyclic amines) is 1. The first-order valence-corrected chi connectivity index (χ1v) is 8.95. The zero-order valence-electron chi connectivity index (χ0n) is 14.9. The molecule has 1 aliphatic heterocycles. The van der Waals surface area contributed by atoms with E-state index in [4.69, 9.17) is 9.47 Å². The summed E-state index contributed by atoms with van der Waals surface area (Å²) < 4.78 is 24.2. The molecule has 2 fully saturated rings. The maximum absolute atomic E-state index is 12.9. The van der Waals surface area contributed by atoms with Gasteiger partial charge < -0.3 is 14.8 Å². The first-order chi connectivity index (χ1) is 12.0.